The van der Waals surface area contributed by atoms with Gasteiger partial charge < -0.3 is 10.4 Å². The lowest BCUT2D eigenvalue weighted by molar-refractivity contribution is -0.141. The number of aliphatic carboxylic acids is 1. The maximum Gasteiger partial charge on any atom is 0.326 e. The predicted octanol–water partition coefficient (Wildman–Crippen LogP) is 1.67. The summed E-state index contributed by atoms with van der Waals surface area (Å²) in [7, 11) is 0. The van der Waals surface area contributed by atoms with Crippen molar-refractivity contribution in [1.29, 1.82) is 0 Å². The van der Waals surface area contributed by atoms with E-state index in [1.54, 1.807) is 11.8 Å². The summed E-state index contributed by atoms with van der Waals surface area (Å²) >= 11 is 1.66. The van der Waals surface area contributed by atoms with E-state index in [1.165, 1.54) is 12.5 Å². The van der Waals surface area contributed by atoms with Crippen LogP contribution in [0.5, 0.6) is 0 Å². The molecule has 0 aromatic carbocycles. The molecular formula is C11H19NO3S. The van der Waals surface area contributed by atoms with Gasteiger partial charge in [0.05, 0.1) is 0 Å². The van der Waals surface area contributed by atoms with Crippen LogP contribution < -0.4 is 5.32 Å². The maximum atomic E-state index is 10.8. The van der Waals surface area contributed by atoms with Gasteiger partial charge >= 0.3 is 5.97 Å². The molecule has 0 saturated heterocycles. The summed E-state index contributed by atoms with van der Waals surface area (Å²) in [5.74, 6) is 0.329. The van der Waals surface area contributed by atoms with Crippen molar-refractivity contribution in [3.63, 3.8) is 0 Å². The smallest absolute Gasteiger partial charge is 0.326 e. The van der Waals surface area contributed by atoms with Crippen LogP contribution in [0, 0.1) is 0 Å². The molecule has 0 aromatic rings. The monoisotopic (exact) mass is 245 g/mol. The fourth-order valence-electron chi connectivity index (χ4n) is 1.01. The molecule has 1 unspecified atom stereocenters. The molecule has 0 aliphatic rings. The largest absolute Gasteiger partial charge is 0.480 e. The molecule has 0 spiro atoms. The van der Waals surface area contributed by atoms with Gasteiger partial charge in [-0.15, -0.1) is 0 Å². The first-order valence-corrected chi connectivity index (χ1v) is 6.30. The summed E-state index contributed by atoms with van der Waals surface area (Å²) in [6.07, 6.45) is 2.55. The molecule has 2 N–H and O–H groups in total. The number of carboxylic acid groups (broad SMARTS) is 1. The SMILES string of the molecule is CC(=O)NC(CCSCC=C(C)C)C(=O)O. The first-order chi connectivity index (χ1) is 7.43. The summed E-state index contributed by atoms with van der Waals surface area (Å²) in [5, 5.41) is 11.2. The highest BCUT2D eigenvalue weighted by Gasteiger charge is 2.17. The summed E-state index contributed by atoms with van der Waals surface area (Å²) in [6.45, 7) is 5.38. The molecule has 0 aliphatic carbocycles. The van der Waals surface area contributed by atoms with E-state index >= 15 is 0 Å². The number of allylic oxidation sites excluding steroid dienone is 1. The highest BCUT2D eigenvalue weighted by molar-refractivity contribution is 7.99. The Hall–Kier alpha value is -0.970. The van der Waals surface area contributed by atoms with Gasteiger partial charge in [0.15, 0.2) is 0 Å². The molecule has 0 aromatic heterocycles. The zero-order chi connectivity index (χ0) is 12.6. The third kappa shape index (κ3) is 8.35. The Morgan fingerprint density at radius 1 is 1.38 bits per heavy atom. The van der Waals surface area contributed by atoms with Gasteiger partial charge in [-0.2, -0.15) is 11.8 Å². The summed E-state index contributed by atoms with van der Waals surface area (Å²) in [5.41, 5.74) is 1.25. The van der Waals surface area contributed by atoms with Crippen LogP contribution in [0.2, 0.25) is 0 Å². The molecule has 5 heteroatoms. The Bertz CT molecular complexity index is 272. The number of carbonyl (C=O) groups excluding carboxylic acids is 1. The summed E-state index contributed by atoms with van der Waals surface area (Å²) < 4.78 is 0. The fraction of sp³-hybridized carbons (Fsp3) is 0.636. The fourth-order valence-corrected chi connectivity index (χ4v) is 2.03. The molecule has 0 fully saturated rings. The van der Waals surface area contributed by atoms with Crippen LogP contribution in [0.3, 0.4) is 0 Å². The quantitative estimate of drug-likeness (QED) is 0.529. The Balaban J connectivity index is 3.81. The van der Waals surface area contributed by atoms with E-state index in [-0.39, 0.29) is 5.91 Å². The molecule has 16 heavy (non-hydrogen) atoms. The zero-order valence-electron chi connectivity index (χ0n) is 9.95. The number of thioether (sulfide) groups is 1. The minimum absolute atomic E-state index is 0.304. The Kier molecular flexibility index (Phi) is 7.72. The lowest BCUT2D eigenvalue weighted by atomic mass is 10.2. The van der Waals surface area contributed by atoms with Crippen molar-refractivity contribution < 1.29 is 14.7 Å². The zero-order valence-corrected chi connectivity index (χ0v) is 10.8. The van der Waals surface area contributed by atoms with E-state index in [0.717, 1.165) is 11.5 Å². The van der Waals surface area contributed by atoms with Crippen LogP contribution >= 0.6 is 11.8 Å². The van der Waals surface area contributed by atoms with Gasteiger partial charge in [-0.3, -0.25) is 4.79 Å². The van der Waals surface area contributed by atoms with Crippen molar-refractivity contribution in [1.82, 2.24) is 5.32 Å². The topological polar surface area (TPSA) is 66.4 Å². The van der Waals surface area contributed by atoms with Gasteiger partial charge in [0.2, 0.25) is 5.91 Å². The minimum Gasteiger partial charge on any atom is -0.480 e. The molecule has 0 heterocycles. The van der Waals surface area contributed by atoms with Crippen molar-refractivity contribution in [2.24, 2.45) is 0 Å². The molecule has 0 aliphatic heterocycles. The molecule has 0 bridgehead atoms. The first kappa shape index (κ1) is 15.0. The molecule has 0 saturated carbocycles. The van der Waals surface area contributed by atoms with Gasteiger partial charge in [0.1, 0.15) is 6.04 Å². The van der Waals surface area contributed by atoms with Crippen molar-refractivity contribution >= 4 is 23.6 Å². The van der Waals surface area contributed by atoms with E-state index in [2.05, 4.69) is 11.4 Å². The average Bonchev–Trinajstić information content (AvgIpc) is 2.14. The van der Waals surface area contributed by atoms with E-state index in [9.17, 15) is 9.59 Å². The third-order valence-corrected chi connectivity index (χ3v) is 2.76. The first-order valence-electron chi connectivity index (χ1n) is 5.14. The Morgan fingerprint density at radius 3 is 2.44 bits per heavy atom. The van der Waals surface area contributed by atoms with Crippen molar-refractivity contribution in [2.75, 3.05) is 11.5 Å². The number of carboxylic acids is 1. The van der Waals surface area contributed by atoms with E-state index in [1.807, 2.05) is 13.8 Å². The van der Waals surface area contributed by atoms with Crippen LogP contribution in [-0.4, -0.2) is 34.5 Å². The van der Waals surface area contributed by atoms with Crippen molar-refractivity contribution in [2.45, 2.75) is 33.2 Å². The summed E-state index contributed by atoms with van der Waals surface area (Å²) in [4.78, 5) is 21.5. The maximum absolute atomic E-state index is 10.8. The van der Waals surface area contributed by atoms with E-state index in [4.69, 9.17) is 5.11 Å². The van der Waals surface area contributed by atoms with Gasteiger partial charge in [-0.05, 0) is 26.0 Å². The number of hydrogen-bond acceptors (Lipinski definition) is 3. The standard InChI is InChI=1S/C11H19NO3S/c1-8(2)4-6-16-7-5-10(11(14)15)12-9(3)13/h4,10H,5-7H2,1-3H3,(H,12,13)(H,14,15). The second kappa shape index (κ2) is 8.21. The molecule has 1 amide bonds. The van der Waals surface area contributed by atoms with Crippen LogP contribution in [-0.2, 0) is 9.59 Å². The second-order valence-electron chi connectivity index (χ2n) is 3.74. The summed E-state index contributed by atoms with van der Waals surface area (Å²) in [6, 6.07) is -0.767. The van der Waals surface area contributed by atoms with Gasteiger partial charge in [0.25, 0.3) is 0 Å². The van der Waals surface area contributed by atoms with Gasteiger partial charge in [-0.25, -0.2) is 4.79 Å². The van der Waals surface area contributed by atoms with Crippen molar-refractivity contribution in [3.05, 3.63) is 11.6 Å². The molecule has 0 radical (unpaired) electrons. The normalized spacial score (nSPS) is 11.7. The number of hydrogen-bond donors (Lipinski definition) is 2. The second-order valence-corrected chi connectivity index (χ2v) is 4.89. The van der Waals surface area contributed by atoms with Crippen LogP contribution in [0.1, 0.15) is 27.2 Å². The molecule has 4 nitrogen and oxygen atoms in total. The lowest BCUT2D eigenvalue weighted by Gasteiger charge is -2.12. The lowest BCUT2D eigenvalue weighted by Crippen LogP contribution is -2.39. The number of nitrogens with one attached hydrogen (secondary N) is 1. The molecule has 92 valence electrons. The van der Waals surface area contributed by atoms with Crippen LogP contribution in [0.15, 0.2) is 11.6 Å². The molecule has 1 atom stereocenters. The van der Waals surface area contributed by atoms with E-state index < -0.39 is 12.0 Å². The number of amides is 1. The molecular weight excluding hydrogens is 226 g/mol. The van der Waals surface area contributed by atoms with Crippen LogP contribution in [0.25, 0.3) is 0 Å². The third-order valence-electron chi connectivity index (χ3n) is 1.84. The van der Waals surface area contributed by atoms with Gasteiger partial charge in [0, 0.05) is 12.7 Å². The van der Waals surface area contributed by atoms with Crippen LogP contribution in [0.4, 0.5) is 0 Å². The predicted molar refractivity (Wildman–Crippen MR) is 66.6 cm³/mol. The Morgan fingerprint density at radius 2 is 2.00 bits per heavy atom. The minimum atomic E-state index is -0.974. The Labute approximate surface area is 100 Å². The van der Waals surface area contributed by atoms with E-state index in [0.29, 0.717) is 6.42 Å². The number of carbonyl (C=O) groups is 2. The molecule has 0 rings (SSSR count). The van der Waals surface area contributed by atoms with Gasteiger partial charge in [-0.1, -0.05) is 11.6 Å². The van der Waals surface area contributed by atoms with Crippen molar-refractivity contribution in [3.8, 4) is 0 Å². The highest BCUT2D eigenvalue weighted by atomic mass is 32.2. The average molecular weight is 245 g/mol. The number of rotatable bonds is 7. The highest BCUT2D eigenvalue weighted by Crippen LogP contribution is 2.07.